The van der Waals surface area contributed by atoms with Gasteiger partial charge in [0.1, 0.15) is 5.54 Å². The SMILES string of the molecule is CCOC1CC(N)(C(=O)NCC2(Cc3ccccc3)CCC2)C1(C)C. The molecule has 138 valence electrons. The predicted molar refractivity (Wildman–Crippen MR) is 100 cm³/mol. The van der Waals surface area contributed by atoms with Crippen LogP contribution in [0.4, 0.5) is 0 Å². The van der Waals surface area contributed by atoms with Crippen LogP contribution >= 0.6 is 0 Å². The van der Waals surface area contributed by atoms with Gasteiger partial charge in [0.15, 0.2) is 0 Å². The lowest BCUT2D eigenvalue weighted by atomic mass is 9.54. The lowest BCUT2D eigenvalue weighted by Crippen LogP contribution is -2.76. The summed E-state index contributed by atoms with van der Waals surface area (Å²) >= 11 is 0. The normalized spacial score (nSPS) is 29.4. The summed E-state index contributed by atoms with van der Waals surface area (Å²) in [6.45, 7) is 7.44. The molecule has 2 fully saturated rings. The van der Waals surface area contributed by atoms with E-state index in [1.165, 1.54) is 24.8 Å². The van der Waals surface area contributed by atoms with E-state index in [0.717, 1.165) is 13.0 Å². The van der Waals surface area contributed by atoms with Gasteiger partial charge in [-0.2, -0.15) is 0 Å². The Balaban J connectivity index is 1.60. The second kappa shape index (κ2) is 6.73. The molecule has 0 radical (unpaired) electrons. The Labute approximate surface area is 151 Å². The van der Waals surface area contributed by atoms with Crippen molar-refractivity contribution >= 4 is 5.91 Å². The minimum absolute atomic E-state index is 0.0206. The molecular weight excluding hydrogens is 312 g/mol. The van der Waals surface area contributed by atoms with Gasteiger partial charge in [-0.05, 0) is 37.2 Å². The van der Waals surface area contributed by atoms with Gasteiger partial charge < -0.3 is 15.8 Å². The second-order valence-electron chi connectivity index (χ2n) is 8.54. The molecule has 3 N–H and O–H groups in total. The van der Waals surface area contributed by atoms with Gasteiger partial charge in [0.2, 0.25) is 5.91 Å². The summed E-state index contributed by atoms with van der Waals surface area (Å²) in [5.41, 5.74) is 6.87. The van der Waals surface area contributed by atoms with Crippen LogP contribution in [-0.4, -0.2) is 30.7 Å². The number of carbonyl (C=O) groups excluding carboxylic acids is 1. The van der Waals surface area contributed by atoms with Crippen LogP contribution in [-0.2, 0) is 16.0 Å². The molecule has 1 aromatic carbocycles. The van der Waals surface area contributed by atoms with Crippen molar-refractivity contribution in [3.05, 3.63) is 35.9 Å². The van der Waals surface area contributed by atoms with E-state index < -0.39 is 5.54 Å². The molecule has 0 saturated heterocycles. The first-order valence-corrected chi connectivity index (χ1v) is 9.56. The maximum atomic E-state index is 12.9. The maximum Gasteiger partial charge on any atom is 0.240 e. The van der Waals surface area contributed by atoms with Crippen molar-refractivity contribution in [3.8, 4) is 0 Å². The largest absolute Gasteiger partial charge is 0.378 e. The minimum atomic E-state index is -0.829. The molecule has 1 amide bonds. The molecule has 0 bridgehead atoms. The van der Waals surface area contributed by atoms with Crippen LogP contribution in [0.3, 0.4) is 0 Å². The average Bonchev–Trinajstić information content (AvgIpc) is 2.57. The smallest absolute Gasteiger partial charge is 0.240 e. The molecular formula is C21H32N2O2. The van der Waals surface area contributed by atoms with Crippen LogP contribution < -0.4 is 11.1 Å². The Morgan fingerprint density at radius 1 is 1.28 bits per heavy atom. The fourth-order valence-electron chi connectivity index (χ4n) is 4.37. The number of carbonyl (C=O) groups is 1. The number of ether oxygens (including phenoxy) is 1. The zero-order valence-electron chi connectivity index (χ0n) is 15.8. The molecule has 4 nitrogen and oxygen atoms in total. The zero-order chi connectivity index (χ0) is 18.1. The predicted octanol–water partition coefficient (Wildman–Crippen LogP) is 3.05. The Kier molecular flexibility index (Phi) is 4.95. The standard InChI is InChI=1S/C21H32N2O2/c1-4-25-17-14-21(22,19(17,2)3)18(24)23-15-20(11-8-12-20)13-16-9-6-5-7-10-16/h5-7,9-10,17H,4,8,11-15,22H2,1-3H3,(H,23,24). The molecule has 4 heteroatoms. The topological polar surface area (TPSA) is 64.3 Å². The third-order valence-corrected chi connectivity index (χ3v) is 6.70. The number of hydrogen-bond donors (Lipinski definition) is 2. The highest BCUT2D eigenvalue weighted by Gasteiger charge is 2.63. The second-order valence-corrected chi connectivity index (χ2v) is 8.54. The number of benzene rings is 1. The van der Waals surface area contributed by atoms with E-state index in [2.05, 4.69) is 29.6 Å². The van der Waals surface area contributed by atoms with Crippen molar-refractivity contribution in [1.29, 1.82) is 0 Å². The van der Waals surface area contributed by atoms with Crippen LogP contribution in [0.5, 0.6) is 0 Å². The van der Waals surface area contributed by atoms with Crippen LogP contribution in [0, 0.1) is 10.8 Å². The average molecular weight is 344 g/mol. The van der Waals surface area contributed by atoms with Gasteiger partial charge in [0.05, 0.1) is 6.10 Å². The quantitative estimate of drug-likeness (QED) is 0.799. The van der Waals surface area contributed by atoms with E-state index in [-0.39, 0.29) is 22.8 Å². The summed E-state index contributed by atoms with van der Waals surface area (Å²) < 4.78 is 5.74. The van der Waals surface area contributed by atoms with E-state index in [0.29, 0.717) is 13.0 Å². The van der Waals surface area contributed by atoms with E-state index in [1.807, 2.05) is 26.8 Å². The van der Waals surface area contributed by atoms with Gasteiger partial charge in [0.25, 0.3) is 0 Å². The lowest BCUT2D eigenvalue weighted by molar-refractivity contribution is -0.171. The van der Waals surface area contributed by atoms with Crippen molar-refractivity contribution in [2.45, 2.75) is 64.5 Å². The van der Waals surface area contributed by atoms with Gasteiger partial charge >= 0.3 is 0 Å². The Bertz CT molecular complexity index is 610. The number of rotatable bonds is 7. The molecule has 0 heterocycles. The molecule has 2 unspecified atom stereocenters. The van der Waals surface area contributed by atoms with Crippen LogP contribution in [0.2, 0.25) is 0 Å². The molecule has 2 atom stereocenters. The van der Waals surface area contributed by atoms with Crippen LogP contribution in [0.1, 0.15) is 52.0 Å². The van der Waals surface area contributed by atoms with Gasteiger partial charge in [-0.1, -0.05) is 50.6 Å². The Morgan fingerprint density at radius 2 is 1.96 bits per heavy atom. The Hall–Kier alpha value is -1.39. The molecule has 0 spiro atoms. The highest BCUT2D eigenvalue weighted by Crippen LogP contribution is 2.50. The summed E-state index contributed by atoms with van der Waals surface area (Å²) in [4.78, 5) is 12.9. The van der Waals surface area contributed by atoms with Gasteiger partial charge in [0, 0.05) is 25.0 Å². The summed E-state index contributed by atoms with van der Waals surface area (Å²) in [6, 6.07) is 10.6. The number of nitrogens with one attached hydrogen (secondary N) is 1. The summed E-state index contributed by atoms with van der Waals surface area (Å²) in [5.74, 6) is -0.0206. The van der Waals surface area contributed by atoms with E-state index in [1.54, 1.807) is 0 Å². The third-order valence-electron chi connectivity index (χ3n) is 6.70. The van der Waals surface area contributed by atoms with Gasteiger partial charge in [-0.25, -0.2) is 0 Å². The highest BCUT2D eigenvalue weighted by molar-refractivity contribution is 5.88. The molecule has 0 aliphatic heterocycles. The number of amides is 1. The molecule has 2 saturated carbocycles. The molecule has 25 heavy (non-hydrogen) atoms. The van der Waals surface area contributed by atoms with E-state index in [4.69, 9.17) is 10.5 Å². The summed E-state index contributed by atoms with van der Waals surface area (Å²) in [6.07, 6.45) is 5.28. The maximum absolute atomic E-state index is 12.9. The van der Waals surface area contributed by atoms with E-state index >= 15 is 0 Å². The van der Waals surface area contributed by atoms with Crippen molar-refractivity contribution in [2.24, 2.45) is 16.6 Å². The fourth-order valence-corrected chi connectivity index (χ4v) is 4.37. The fraction of sp³-hybridized carbons (Fsp3) is 0.667. The van der Waals surface area contributed by atoms with Crippen molar-refractivity contribution in [2.75, 3.05) is 13.2 Å². The molecule has 1 aromatic rings. The Morgan fingerprint density at radius 3 is 2.48 bits per heavy atom. The molecule has 0 aromatic heterocycles. The lowest BCUT2D eigenvalue weighted by Gasteiger charge is -2.58. The van der Waals surface area contributed by atoms with E-state index in [9.17, 15) is 4.79 Å². The molecule has 3 rings (SSSR count). The third kappa shape index (κ3) is 3.22. The minimum Gasteiger partial charge on any atom is -0.378 e. The highest BCUT2D eigenvalue weighted by atomic mass is 16.5. The number of hydrogen-bond acceptors (Lipinski definition) is 3. The van der Waals surface area contributed by atoms with Crippen molar-refractivity contribution in [1.82, 2.24) is 5.32 Å². The molecule has 2 aliphatic rings. The molecule has 2 aliphatic carbocycles. The number of nitrogens with two attached hydrogens (primary N) is 1. The monoisotopic (exact) mass is 344 g/mol. The summed E-state index contributed by atoms with van der Waals surface area (Å²) in [5, 5.41) is 3.19. The summed E-state index contributed by atoms with van der Waals surface area (Å²) in [7, 11) is 0. The van der Waals surface area contributed by atoms with Crippen LogP contribution in [0.25, 0.3) is 0 Å². The van der Waals surface area contributed by atoms with Crippen LogP contribution in [0.15, 0.2) is 30.3 Å². The van der Waals surface area contributed by atoms with Gasteiger partial charge in [-0.15, -0.1) is 0 Å². The van der Waals surface area contributed by atoms with Crippen molar-refractivity contribution in [3.63, 3.8) is 0 Å². The first-order chi connectivity index (χ1) is 11.8. The van der Waals surface area contributed by atoms with Crippen molar-refractivity contribution < 1.29 is 9.53 Å². The zero-order valence-corrected chi connectivity index (χ0v) is 15.8. The first kappa shape index (κ1) is 18.4. The first-order valence-electron chi connectivity index (χ1n) is 9.56. The van der Waals surface area contributed by atoms with Gasteiger partial charge in [-0.3, -0.25) is 4.79 Å².